The number of unbranched alkanes of at least 4 members (excludes halogenated alkanes) is 1. The topological polar surface area (TPSA) is 120 Å². The van der Waals surface area contributed by atoms with Gasteiger partial charge in [-0.2, -0.15) is 0 Å². The fourth-order valence-electron chi connectivity index (χ4n) is 4.12. The first-order valence-electron chi connectivity index (χ1n) is 13.3. The van der Waals surface area contributed by atoms with Gasteiger partial charge in [-0.15, -0.1) is 0 Å². The number of rotatable bonds is 12. The van der Waals surface area contributed by atoms with Crippen molar-refractivity contribution in [3.63, 3.8) is 0 Å². The first-order chi connectivity index (χ1) is 18.6. The maximum Gasteiger partial charge on any atom is 0.408 e. The number of nitrogens with two attached hydrogens (primary N) is 1. The van der Waals surface area contributed by atoms with Crippen molar-refractivity contribution in [1.29, 1.82) is 0 Å². The predicted octanol–water partition coefficient (Wildman–Crippen LogP) is 5.40. The quantitative estimate of drug-likeness (QED) is 0.269. The zero-order chi connectivity index (χ0) is 28.3. The zero-order valence-corrected chi connectivity index (χ0v) is 23.0. The molecule has 208 valence electrons. The Balaban J connectivity index is 1.41. The molecule has 0 saturated heterocycles. The van der Waals surface area contributed by atoms with Crippen LogP contribution in [0.2, 0.25) is 0 Å². The van der Waals surface area contributed by atoms with E-state index in [1.54, 1.807) is 20.8 Å². The molecule has 8 nitrogen and oxygen atoms in total. The number of hydrogen-bond acceptors (Lipinski definition) is 5. The number of ether oxygens (including phenoxy) is 2. The summed E-state index contributed by atoms with van der Waals surface area (Å²) in [7, 11) is 0. The van der Waals surface area contributed by atoms with Gasteiger partial charge in [-0.25, -0.2) is 9.59 Å². The van der Waals surface area contributed by atoms with Crippen molar-refractivity contribution in [2.45, 2.75) is 71.1 Å². The van der Waals surface area contributed by atoms with Crippen LogP contribution in [-0.4, -0.2) is 36.3 Å². The largest absolute Gasteiger partial charge is 0.445 e. The molecule has 0 aliphatic rings. The number of primary amides is 1. The van der Waals surface area contributed by atoms with Gasteiger partial charge in [0.25, 0.3) is 0 Å². The second-order valence-electron chi connectivity index (χ2n) is 10.6. The van der Waals surface area contributed by atoms with E-state index >= 15 is 0 Å². The van der Waals surface area contributed by atoms with Crippen LogP contribution in [-0.2, 0) is 33.7 Å². The smallest absolute Gasteiger partial charge is 0.408 e. The summed E-state index contributed by atoms with van der Waals surface area (Å²) in [5, 5.41) is 7.61. The number of carbonyl (C=O) groups excluding carboxylic acids is 3. The van der Waals surface area contributed by atoms with Crippen LogP contribution < -0.4 is 16.4 Å². The molecular formula is C31H39N3O5. The van der Waals surface area contributed by atoms with E-state index < -0.39 is 29.7 Å². The van der Waals surface area contributed by atoms with Crippen molar-refractivity contribution in [3.8, 4) is 0 Å². The molecule has 0 unspecified atom stereocenters. The van der Waals surface area contributed by atoms with Gasteiger partial charge in [-0.1, -0.05) is 66.7 Å². The number of carbonyl (C=O) groups is 3. The molecule has 0 radical (unpaired) electrons. The molecule has 3 aromatic carbocycles. The van der Waals surface area contributed by atoms with Gasteiger partial charge >= 0.3 is 12.2 Å². The van der Waals surface area contributed by atoms with E-state index in [0.717, 1.165) is 41.2 Å². The average Bonchev–Trinajstić information content (AvgIpc) is 2.89. The van der Waals surface area contributed by atoms with Gasteiger partial charge in [-0.05, 0) is 80.3 Å². The van der Waals surface area contributed by atoms with Crippen LogP contribution in [0.5, 0.6) is 0 Å². The maximum atomic E-state index is 12.0. The Morgan fingerprint density at radius 2 is 1.46 bits per heavy atom. The summed E-state index contributed by atoms with van der Waals surface area (Å²) in [4.78, 5) is 35.7. The lowest BCUT2D eigenvalue weighted by atomic mass is 9.98. The van der Waals surface area contributed by atoms with Crippen LogP contribution in [0.1, 0.15) is 56.7 Å². The molecule has 39 heavy (non-hydrogen) atoms. The molecule has 1 atom stereocenters. The molecule has 3 amide bonds. The molecule has 0 bridgehead atoms. The fraction of sp³-hybridized carbons (Fsp3) is 0.387. The van der Waals surface area contributed by atoms with Crippen LogP contribution in [0.25, 0.3) is 10.8 Å². The second-order valence-corrected chi connectivity index (χ2v) is 10.6. The van der Waals surface area contributed by atoms with E-state index in [1.807, 2.05) is 36.4 Å². The Kier molecular flexibility index (Phi) is 10.7. The second kappa shape index (κ2) is 14.2. The zero-order valence-electron chi connectivity index (χ0n) is 23.0. The Bertz CT molecular complexity index is 1250. The highest BCUT2D eigenvalue weighted by molar-refractivity contribution is 5.85. The van der Waals surface area contributed by atoms with E-state index in [2.05, 4.69) is 41.0 Å². The van der Waals surface area contributed by atoms with Crippen LogP contribution >= 0.6 is 0 Å². The minimum absolute atomic E-state index is 0.264. The monoisotopic (exact) mass is 533 g/mol. The summed E-state index contributed by atoms with van der Waals surface area (Å²) in [5.74, 6) is -0.592. The summed E-state index contributed by atoms with van der Waals surface area (Å²) in [6, 6.07) is 21.4. The van der Waals surface area contributed by atoms with Crippen LogP contribution in [0.3, 0.4) is 0 Å². The molecule has 0 heterocycles. The van der Waals surface area contributed by atoms with Gasteiger partial charge < -0.3 is 25.8 Å². The summed E-state index contributed by atoms with van der Waals surface area (Å²) in [6.07, 6.45) is 2.62. The third-order valence-electron chi connectivity index (χ3n) is 6.10. The molecule has 0 spiro atoms. The van der Waals surface area contributed by atoms with Gasteiger partial charge in [0.2, 0.25) is 5.91 Å². The summed E-state index contributed by atoms with van der Waals surface area (Å²) >= 11 is 0. The highest BCUT2D eigenvalue weighted by Crippen LogP contribution is 2.20. The average molecular weight is 534 g/mol. The molecule has 0 aliphatic carbocycles. The molecule has 0 aromatic heterocycles. The SMILES string of the molecule is CC(C)(C)OC(=O)N[C@@H](CCc1ccc2cc(CCCCNC(=O)OCc3ccccc3)ccc2c1)C(N)=O. The van der Waals surface area contributed by atoms with Gasteiger partial charge in [-0.3, -0.25) is 4.79 Å². The van der Waals surface area contributed by atoms with Crippen molar-refractivity contribution in [2.24, 2.45) is 5.73 Å². The normalized spacial score (nSPS) is 12.0. The van der Waals surface area contributed by atoms with E-state index in [1.165, 1.54) is 5.56 Å². The van der Waals surface area contributed by atoms with Crippen molar-refractivity contribution in [1.82, 2.24) is 10.6 Å². The Morgan fingerprint density at radius 1 is 0.821 bits per heavy atom. The standard InChI is InChI=1S/C31H39N3O5/c1-31(2,3)39-30(37)34-27(28(32)35)17-14-23-13-16-25-19-22(12-15-26(25)20-23)9-7-8-18-33-29(36)38-21-24-10-5-4-6-11-24/h4-6,10-13,15-16,19-20,27H,7-9,14,17-18,21H2,1-3H3,(H2,32,35)(H,33,36)(H,34,37)/t27-/m0/s1. The van der Waals surface area contributed by atoms with Crippen LogP contribution in [0, 0.1) is 0 Å². The van der Waals surface area contributed by atoms with E-state index in [4.69, 9.17) is 15.2 Å². The summed E-state index contributed by atoms with van der Waals surface area (Å²) in [6.45, 7) is 6.11. The minimum atomic E-state index is -0.807. The van der Waals surface area contributed by atoms with E-state index in [9.17, 15) is 14.4 Å². The number of nitrogens with one attached hydrogen (secondary N) is 2. The van der Waals surface area contributed by atoms with E-state index in [-0.39, 0.29) is 6.61 Å². The van der Waals surface area contributed by atoms with Crippen molar-refractivity contribution in [3.05, 3.63) is 83.4 Å². The molecule has 0 saturated carbocycles. The fourth-order valence-corrected chi connectivity index (χ4v) is 4.12. The minimum Gasteiger partial charge on any atom is -0.445 e. The van der Waals surface area contributed by atoms with Crippen molar-refractivity contribution < 1.29 is 23.9 Å². The number of alkyl carbamates (subject to hydrolysis) is 2. The first-order valence-corrected chi connectivity index (χ1v) is 13.3. The number of hydrogen-bond donors (Lipinski definition) is 3. The summed E-state index contributed by atoms with van der Waals surface area (Å²) < 4.78 is 10.5. The Hall–Kier alpha value is -4.07. The highest BCUT2D eigenvalue weighted by Gasteiger charge is 2.22. The van der Waals surface area contributed by atoms with Crippen molar-refractivity contribution >= 4 is 28.9 Å². The molecule has 8 heteroatoms. The molecule has 4 N–H and O–H groups in total. The number of amides is 3. The first kappa shape index (κ1) is 29.5. The molecular weight excluding hydrogens is 494 g/mol. The molecule has 0 aliphatic heterocycles. The lowest BCUT2D eigenvalue weighted by Crippen LogP contribution is -2.46. The lowest BCUT2D eigenvalue weighted by Gasteiger charge is -2.22. The predicted molar refractivity (Wildman–Crippen MR) is 152 cm³/mol. The lowest BCUT2D eigenvalue weighted by molar-refractivity contribution is -0.120. The van der Waals surface area contributed by atoms with E-state index in [0.29, 0.717) is 19.4 Å². The van der Waals surface area contributed by atoms with Gasteiger partial charge in [0.05, 0.1) is 0 Å². The maximum absolute atomic E-state index is 12.0. The highest BCUT2D eigenvalue weighted by atomic mass is 16.6. The third kappa shape index (κ3) is 10.7. The van der Waals surface area contributed by atoms with Crippen LogP contribution in [0.15, 0.2) is 66.7 Å². The number of aryl methyl sites for hydroxylation is 2. The molecule has 0 fully saturated rings. The summed E-state index contributed by atoms with van der Waals surface area (Å²) in [5.41, 5.74) is 8.08. The molecule has 3 aromatic rings. The van der Waals surface area contributed by atoms with Gasteiger partial charge in [0.1, 0.15) is 18.2 Å². The van der Waals surface area contributed by atoms with Gasteiger partial charge in [0, 0.05) is 6.54 Å². The Morgan fingerprint density at radius 3 is 2.08 bits per heavy atom. The number of fused-ring (bicyclic) bond motifs is 1. The third-order valence-corrected chi connectivity index (χ3v) is 6.10. The van der Waals surface area contributed by atoms with Crippen molar-refractivity contribution in [2.75, 3.05) is 6.54 Å². The van der Waals surface area contributed by atoms with Crippen LogP contribution in [0.4, 0.5) is 9.59 Å². The number of benzene rings is 3. The Labute approximate surface area is 230 Å². The van der Waals surface area contributed by atoms with Gasteiger partial charge in [0.15, 0.2) is 0 Å². The molecule has 3 rings (SSSR count).